The van der Waals surface area contributed by atoms with Crippen molar-refractivity contribution in [3.05, 3.63) is 28.2 Å². The average molecular weight is 269 g/mol. The van der Waals surface area contributed by atoms with Gasteiger partial charge >= 0.3 is 0 Å². The van der Waals surface area contributed by atoms with Crippen LogP contribution in [0.1, 0.15) is 24.8 Å². The molecule has 0 spiro atoms. The molecule has 0 amide bonds. The Kier molecular flexibility index (Phi) is 4.37. The summed E-state index contributed by atoms with van der Waals surface area (Å²) in [6, 6.07) is 5.89. The quantitative estimate of drug-likeness (QED) is 0.894. The second-order valence-corrected chi connectivity index (χ2v) is 5.91. The summed E-state index contributed by atoms with van der Waals surface area (Å²) in [4.78, 5) is 4.61. The molecule has 2 rings (SSSR count). The highest BCUT2D eigenvalue weighted by Gasteiger charge is 2.08. The van der Waals surface area contributed by atoms with Crippen molar-refractivity contribution in [3.63, 3.8) is 0 Å². The number of benzene rings is 1. The van der Waals surface area contributed by atoms with Crippen LogP contribution in [0.3, 0.4) is 0 Å². The van der Waals surface area contributed by atoms with Crippen molar-refractivity contribution in [2.45, 2.75) is 26.2 Å². The molecule has 1 aromatic heterocycles. The van der Waals surface area contributed by atoms with E-state index < -0.39 is 0 Å². The summed E-state index contributed by atoms with van der Waals surface area (Å²) in [6.07, 6.45) is 3.26. The van der Waals surface area contributed by atoms with Gasteiger partial charge in [0.15, 0.2) is 0 Å². The zero-order valence-electron chi connectivity index (χ0n) is 9.95. The van der Waals surface area contributed by atoms with Crippen LogP contribution in [-0.2, 0) is 6.42 Å². The van der Waals surface area contributed by atoms with Crippen LogP contribution in [0.15, 0.2) is 18.2 Å². The maximum atomic E-state index is 6.14. The van der Waals surface area contributed by atoms with Crippen molar-refractivity contribution < 1.29 is 0 Å². The van der Waals surface area contributed by atoms with E-state index in [4.69, 9.17) is 17.3 Å². The second-order valence-electron chi connectivity index (χ2n) is 4.42. The zero-order valence-corrected chi connectivity index (χ0v) is 11.5. The van der Waals surface area contributed by atoms with Gasteiger partial charge in [-0.3, -0.25) is 0 Å². The SMILES string of the molecule is CC(CCN)CCc1nc2cccc(Cl)c2s1. The highest BCUT2D eigenvalue weighted by atomic mass is 35.5. The Morgan fingerprint density at radius 2 is 2.24 bits per heavy atom. The fourth-order valence-corrected chi connectivity index (χ4v) is 3.14. The third-order valence-electron chi connectivity index (χ3n) is 2.92. The lowest BCUT2D eigenvalue weighted by molar-refractivity contribution is 0.499. The van der Waals surface area contributed by atoms with Crippen LogP contribution in [-0.4, -0.2) is 11.5 Å². The number of aryl methyl sites for hydroxylation is 1. The van der Waals surface area contributed by atoms with Gasteiger partial charge in [-0.25, -0.2) is 4.98 Å². The molecule has 0 saturated heterocycles. The van der Waals surface area contributed by atoms with Gasteiger partial charge in [-0.05, 0) is 43.9 Å². The van der Waals surface area contributed by atoms with Crippen LogP contribution in [0.2, 0.25) is 5.02 Å². The molecule has 1 atom stereocenters. The predicted octanol–water partition coefficient (Wildman–Crippen LogP) is 3.87. The molecule has 1 aromatic carbocycles. The van der Waals surface area contributed by atoms with Crippen LogP contribution in [0.5, 0.6) is 0 Å². The van der Waals surface area contributed by atoms with E-state index in [0.29, 0.717) is 5.92 Å². The lowest BCUT2D eigenvalue weighted by Crippen LogP contribution is -2.06. The topological polar surface area (TPSA) is 38.9 Å². The maximum Gasteiger partial charge on any atom is 0.0939 e. The zero-order chi connectivity index (χ0) is 12.3. The summed E-state index contributed by atoms with van der Waals surface area (Å²) in [5, 5.41) is 1.98. The van der Waals surface area contributed by atoms with Crippen LogP contribution < -0.4 is 5.73 Å². The lowest BCUT2D eigenvalue weighted by atomic mass is 10.0. The number of thiazole rings is 1. The van der Waals surface area contributed by atoms with E-state index >= 15 is 0 Å². The number of fused-ring (bicyclic) bond motifs is 1. The molecule has 4 heteroatoms. The van der Waals surface area contributed by atoms with Gasteiger partial charge in [0.25, 0.3) is 0 Å². The monoisotopic (exact) mass is 268 g/mol. The summed E-state index contributed by atoms with van der Waals surface area (Å²) >= 11 is 7.85. The third kappa shape index (κ3) is 3.18. The molecule has 17 heavy (non-hydrogen) atoms. The molecule has 0 fully saturated rings. The molecule has 0 aliphatic carbocycles. The van der Waals surface area contributed by atoms with Crippen LogP contribution >= 0.6 is 22.9 Å². The molecule has 0 radical (unpaired) electrons. The number of nitrogens with zero attached hydrogens (tertiary/aromatic N) is 1. The number of nitrogens with two attached hydrogens (primary N) is 1. The minimum absolute atomic E-state index is 0.669. The number of rotatable bonds is 5. The average Bonchev–Trinajstić information content (AvgIpc) is 2.71. The Bertz CT molecular complexity index is 495. The fraction of sp³-hybridized carbons (Fsp3) is 0.462. The van der Waals surface area contributed by atoms with Gasteiger partial charge in [0.2, 0.25) is 0 Å². The van der Waals surface area contributed by atoms with Crippen molar-refractivity contribution in [3.8, 4) is 0 Å². The molecule has 0 aliphatic heterocycles. The first-order valence-corrected chi connectivity index (χ1v) is 7.14. The normalized spacial score (nSPS) is 13.1. The maximum absolute atomic E-state index is 6.14. The number of halogens is 1. The van der Waals surface area contributed by atoms with Crippen LogP contribution in [0.25, 0.3) is 10.2 Å². The Morgan fingerprint density at radius 1 is 1.41 bits per heavy atom. The first-order valence-electron chi connectivity index (χ1n) is 5.94. The fourth-order valence-electron chi connectivity index (χ4n) is 1.87. The summed E-state index contributed by atoms with van der Waals surface area (Å²) in [7, 11) is 0. The van der Waals surface area contributed by atoms with Gasteiger partial charge < -0.3 is 5.73 Å². The number of hydrogen-bond acceptors (Lipinski definition) is 3. The predicted molar refractivity (Wildman–Crippen MR) is 75.8 cm³/mol. The van der Waals surface area contributed by atoms with E-state index in [0.717, 1.165) is 41.0 Å². The Hall–Kier alpha value is -0.640. The van der Waals surface area contributed by atoms with Gasteiger partial charge in [0, 0.05) is 0 Å². The molecule has 2 N–H and O–H groups in total. The molecule has 0 bridgehead atoms. The van der Waals surface area contributed by atoms with E-state index in [9.17, 15) is 0 Å². The van der Waals surface area contributed by atoms with Crippen LogP contribution in [0, 0.1) is 5.92 Å². The molecular weight excluding hydrogens is 252 g/mol. The largest absolute Gasteiger partial charge is 0.330 e. The van der Waals surface area contributed by atoms with Crippen molar-refractivity contribution in [1.82, 2.24) is 4.98 Å². The van der Waals surface area contributed by atoms with E-state index in [1.165, 1.54) is 5.01 Å². The summed E-state index contributed by atoms with van der Waals surface area (Å²) < 4.78 is 1.11. The third-order valence-corrected chi connectivity index (χ3v) is 4.51. The molecule has 0 aliphatic rings. The van der Waals surface area contributed by atoms with E-state index in [1.54, 1.807) is 11.3 Å². The first-order chi connectivity index (χ1) is 8.20. The number of hydrogen-bond donors (Lipinski definition) is 1. The molecular formula is C13H17ClN2S. The van der Waals surface area contributed by atoms with Gasteiger partial charge in [0.05, 0.1) is 20.2 Å². The highest BCUT2D eigenvalue weighted by molar-refractivity contribution is 7.19. The van der Waals surface area contributed by atoms with Gasteiger partial charge in [-0.2, -0.15) is 0 Å². The molecule has 2 aromatic rings. The van der Waals surface area contributed by atoms with E-state index in [2.05, 4.69) is 11.9 Å². The van der Waals surface area contributed by atoms with E-state index in [1.807, 2.05) is 18.2 Å². The van der Waals surface area contributed by atoms with Crippen LogP contribution in [0.4, 0.5) is 0 Å². The van der Waals surface area contributed by atoms with Crippen molar-refractivity contribution in [2.75, 3.05) is 6.54 Å². The van der Waals surface area contributed by atoms with E-state index in [-0.39, 0.29) is 0 Å². The standard InChI is InChI=1S/C13H17ClN2S/c1-9(7-8-15)5-6-12-16-11-4-2-3-10(14)13(11)17-12/h2-4,9H,5-8,15H2,1H3. The second kappa shape index (κ2) is 5.80. The Morgan fingerprint density at radius 3 is 2.94 bits per heavy atom. The smallest absolute Gasteiger partial charge is 0.0939 e. The minimum atomic E-state index is 0.669. The summed E-state index contributed by atoms with van der Waals surface area (Å²) in [5.41, 5.74) is 6.57. The molecule has 1 heterocycles. The Labute approximate surface area is 111 Å². The van der Waals surface area contributed by atoms with Gasteiger partial charge in [-0.1, -0.05) is 24.6 Å². The number of aromatic nitrogens is 1. The summed E-state index contributed by atoms with van der Waals surface area (Å²) in [5.74, 6) is 0.669. The molecule has 0 saturated carbocycles. The minimum Gasteiger partial charge on any atom is -0.330 e. The lowest BCUT2D eigenvalue weighted by Gasteiger charge is -2.07. The summed E-state index contributed by atoms with van der Waals surface area (Å²) in [6.45, 7) is 3.01. The molecule has 1 unspecified atom stereocenters. The van der Waals surface area contributed by atoms with Gasteiger partial charge in [0.1, 0.15) is 0 Å². The molecule has 92 valence electrons. The van der Waals surface area contributed by atoms with Crippen molar-refractivity contribution in [1.29, 1.82) is 0 Å². The Balaban J connectivity index is 2.07. The highest BCUT2D eigenvalue weighted by Crippen LogP contribution is 2.30. The van der Waals surface area contributed by atoms with Crippen molar-refractivity contribution >= 4 is 33.2 Å². The van der Waals surface area contributed by atoms with Crippen molar-refractivity contribution in [2.24, 2.45) is 11.7 Å². The van der Waals surface area contributed by atoms with Gasteiger partial charge in [-0.15, -0.1) is 11.3 Å². The first kappa shape index (κ1) is 12.8. The molecule has 2 nitrogen and oxygen atoms in total.